The molecule has 0 amide bonds. The van der Waals surface area contributed by atoms with Crippen molar-refractivity contribution in [2.75, 3.05) is 5.32 Å². The van der Waals surface area contributed by atoms with E-state index in [9.17, 15) is 26.3 Å². The predicted octanol–water partition coefficient (Wildman–Crippen LogP) is 6.55. The number of hydrogen-bond acceptors (Lipinski definition) is 1. The van der Waals surface area contributed by atoms with Crippen molar-refractivity contribution in [2.45, 2.75) is 25.3 Å². The third kappa shape index (κ3) is 4.56. The van der Waals surface area contributed by atoms with Crippen molar-refractivity contribution in [3.63, 3.8) is 0 Å². The van der Waals surface area contributed by atoms with Crippen molar-refractivity contribution < 1.29 is 26.3 Å². The van der Waals surface area contributed by atoms with Crippen LogP contribution in [-0.4, -0.2) is 0 Å². The lowest BCUT2D eigenvalue weighted by Crippen LogP contribution is -2.13. The molecular weight excluding hydrogens is 356 g/mol. The van der Waals surface area contributed by atoms with Crippen LogP contribution in [0.2, 0.25) is 5.02 Å². The zero-order chi connectivity index (χ0) is 18.1. The van der Waals surface area contributed by atoms with Crippen LogP contribution >= 0.6 is 11.6 Å². The summed E-state index contributed by atoms with van der Waals surface area (Å²) in [5, 5.41) is 3.14. The van der Waals surface area contributed by atoms with Gasteiger partial charge in [0.05, 0.1) is 11.1 Å². The van der Waals surface area contributed by atoms with Gasteiger partial charge < -0.3 is 5.32 Å². The molecule has 24 heavy (non-hydrogen) atoms. The zero-order valence-corrected chi connectivity index (χ0v) is 13.0. The molecule has 130 valence electrons. The molecule has 8 heteroatoms. The molecule has 0 aliphatic heterocycles. The number of hydrogen-bond donors (Lipinski definition) is 1. The van der Waals surface area contributed by atoms with Crippen LogP contribution in [0.1, 0.15) is 29.7 Å². The van der Waals surface area contributed by atoms with E-state index in [2.05, 4.69) is 5.32 Å². The summed E-state index contributed by atoms with van der Waals surface area (Å²) < 4.78 is 77.0. The van der Waals surface area contributed by atoms with Crippen molar-refractivity contribution >= 4 is 17.3 Å². The molecule has 0 heterocycles. The minimum Gasteiger partial charge on any atom is -0.378 e. The number of nitrogens with one attached hydrogen (secondary N) is 1. The summed E-state index contributed by atoms with van der Waals surface area (Å²) in [6.45, 7) is 1.62. The largest absolute Gasteiger partial charge is 0.416 e. The third-order valence-corrected chi connectivity index (χ3v) is 3.59. The van der Waals surface area contributed by atoms with Crippen molar-refractivity contribution in [3.05, 3.63) is 64.2 Å². The Kier molecular flexibility index (Phi) is 5.03. The normalized spacial score (nSPS) is 13.7. The lowest BCUT2D eigenvalue weighted by Gasteiger charge is -2.19. The molecule has 2 rings (SSSR count). The molecule has 1 unspecified atom stereocenters. The minimum absolute atomic E-state index is 0.0954. The summed E-state index contributed by atoms with van der Waals surface area (Å²) in [6, 6.07) is 7.34. The van der Waals surface area contributed by atoms with E-state index in [1.807, 2.05) is 0 Å². The van der Waals surface area contributed by atoms with Gasteiger partial charge in [-0.05, 0) is 42.8 Å². The maximum atomic E-state index is 12.8. The number of rotatable bonds is 3. The second kappa shape index (κ2) is 6.55. The summed E-state index contributed by atoms with van der Waals surface area (Å²) in [7, 11) is 0. The molecule has 0 spiro atoms. The Bertz CT molecular complexity index is 674. The lowest BCUT2D eigenvalue weighted by molar-refractivity contribution is -0.143. The van der Waals surface area contributed by atoms with E-state index in [0.717, 1.165) is 0 Å². The highest BCUT2D eigenvalue weighted by Gasteiger charge is 2.37. The molecule has 0 radical (unpaired) electrons. The molecule has 0 aliphatic rings. The molecule has 1 atom stereocenters. The molecule has 2 aromatic carbocycles. The van der Waals surface area contributed by atoms with Gasteiger partial charge in [0.2, 0.25) is 0 Å². The van der Waals surface area contributed by atoms with E-state index >= 15 is 0 Å². The monoisotopic (exact) mass is 367 g/mol. The average Bonchev–Trinajstić information content (AvgIpc) is 2.45. The van der Waals surface area contributed by atoms with Crippen molar-refractivity contribution in [3.8, 4) is 0 Å². The first-order chi connectivity index (χ1) is 11.0. The van der Waals surface area contributed by atoms with Crippen LogP contribution in [0.25, 0.3) is 0 Å². The Balaban J connectivity index is 2.36. The number of halogens is 7. The highest BCUT2D eigenvalue weighted by Crippen LogP contribution is 2.38. The van der Waals surface area contributed by atoms with E-state index in [0.29, 0.717) is 22.7 Å². The molecular formula is C16H12ClF6N. The summed E-state index contributed by atoms with van der Waals surface area (Å²) in [6.07, 6.45) is -9.75. The summed E-state index contributed by atoms with van der Waals surface area (Å²) in [5.41, 5.74) is -2.31. The lowest BCUT2D eigenvalue weighted by atomic mass is 10.1. The fourth-order valence-corrected chi connectivity index (χ4v) is 2.25. The molecule has 0 aromatic heterocycles. The maximum Gasteiger partial charge on any atom is 0.416 e. The van der Waals surface area contributed by atoms with E-state index < -0.39 is 29.5 Å². The summed E-state index contributed by atoms with van der Waals surface area (Å²) in [4.78, 5) is 0. The molecule has 0 fully saturated rings. The summed E-state index contributed by atoms with van der Waals surface area (Å²) in [5.74, 6) is 0. The van der Waals surface area contributed by atoms with Gasteiger partial charge in [0.25, 0.3) is 0 Å². The van der Waals surface area contributed by atoms with Gasteiger partial charge in [-0.3, -0.25) is 0 Å². The van der Waals surface area contributed by atoms with Gasteiger partial charge in [-0.25, -0.2) is 0 Å². The van der Waals surface area contributed by atoms with Crippen LogP contribution < -0.4 is 5.32 Å². The molecule has 2 aromatic rings. The first-order valence-corrected chi connectivity index (χ1v) is 7.16. The SMILES string of the molecule is CC(Nc1cc(C(F)(F)F)cc(C(F)(F)F)c1)c1ccc(Cl)cc1. The highest BCUT2D eigenvalue weighted by atomic mass is 35.5. The highest BCUT2D eigenvalue weighted by molar-refractivity contribution is 6.30. The van der Waals surface area contributed by atoms with Crippen LogP contribution in [0.4, 0.5) is 32.0 Å². The van der Waals surface area contributed by atoms with Crippen LogP contribution in [-0.2, 0) is 12.4 Å². The molecule has 0 aliphatic carbocycles. The van der Waals surface area contributed by atoms with Crippen LogP contribution in [0.15, 0.2) is 42.5 Å². The number of anilines is 1. The fourth-order valence-electron chi connectivity index (χ4n) is 2.12. The third-order valence-electron chi connectivity index (χ3n) is 3.34. The van der Waals surface area contributed by atoms with E-state index in [1.165, 1.54) is 0 Å². The van der Waals surface area contributed by atoms with Gasteiger partial charge in [-0.2, -0.15) is 26.3 Å². The molecule has 0 saturated carbocycles. The second-order valence-corrected chi connectivity index (χ2v) is 5.65. The smallest absolute Gasteiger partial charge is 0.378 e. The second-order valence-electron chi connectivity index (χ2n) is 5.21. The van der Waals surface area contributed by atoms with Crippen LogP contribution in [0.5, 0.6) is 0 Å². The van der Waals surface area contributed by atoms with Gasteiger partial charge in [0, 0.05) is 16.8 Å². The van der Waals surface area contributed by atoms with Gasteiger partial charge in [-0.15, -0.1) is 0 Å². The van der Waals surface area contributed by atoms with Gasteiger partial charge in [0.15, 0.2) is 0 Å². The summed E-state index contributed by atoms with van der Waals surface area (Å²) >= 11 is 5.75. The van der Waals surface area contributed by atoms with Gasteiger partial charge >= 0.3 is 12.4 Å². The fraction of sp³-hybridized carbons (Fsp3) is 0.250. The van der Waals surface area contributed by atoms with Gasteiger partial charge in [-0.1, -0.05) is 23.7 Å². The molecule has 0 bridgehead atoms. The quantitative estimate of drug-likeness (QED) is 0.606. The van der Waals surface area contributed by atoms with Crippen LogP contribution in [0.3, 0.4) is 0 Å². The standard InChI is InChI=1S/C16H12ClF6N/c1-9(10-2-4-13(17)5-3-10)24-14-7-11(15(18,19)20)6-12(8-14)16(21,22)23/h2-9,24H,1H3. The van der Waals surface area contributed by atoms with Crippen LogP contribution in [0, 0.1) is 0 Å². The van der Waals surface area contributed by atoms with Crippen molar-refractivity contribution in [1.29, 1.82) is 0 Å². The first-order valence-electron chi connectivity index (χ1n) is 6.78. The molecule has 1 N–H and O–H groups in total. The average molecular weight is 368 g/mol. The topological polar surface area (TPSA) is 12.0 Å². The Morgan fingerprint density at radius 2 is 1.29 bits per heavy atom. The van der Waals surface area contributed by atoms with Crippen molar-refractivity contribution in [1.82, 2.24) is 0 Å². The zero-order valence-electron chi connectivity index (χ0n) is 12.3. The Morgan fingerprint density at radius 1 is 0.833 bits per heavy atom. The molecule has 1 nitrogen and oxygen atoms in total. The van der Waals surface area contributed by atoms with Gasteiger partial charge in [0.1, 0.15) is 0 Å². The maximum absolute atomic E-state index is 12.8. The van der Waals surface area contributed by atoms with Crippen molar-refractivity contribution in [2.24, 2.45) is 0 Å². The Hall–Kier alpha value is -1.89. The van der Waals surface area contributed by atoms with E-state index in [1.54, 1.807) is 31.2 Å². The first kappa shape index (κ1) is 18.4. The van der Waals surface area contributed by atoms with E-state index in [-0.39, 0.29) is 11.8 Å². The number of alkyl halides is 6. The molecule has 0 saturated heterocycles. The Morgan fingerprint density at radius 3 is 1.71 bits per heavy atom. The number of benzene rings is 2. The Labute approximate surface area is 139 Å². The predicted molar refractivity (Wildman–Crippen MR) is 79.9 cm³/mol. The minimum atomic E-state index is -4.87. The van der Waals surface area contributed by atoms with E-state index in [4.69, 9.17) is 11.6 Å².